The molecule has 2 heterocycles. The molecule has 0 N–H and O–H groups in total. The number of aromatic nitrogens is 2. The Morgan fingerprint density at radius 1 is 0.929 bits per heavy atom. The van der Waals surface area contributed by atoms with E-state index < -0.39 is 5.82 Å². The van der Waals surface area contributed by atoms with Gasteiger partial charge >= 0.3 is 0 Å². The van der Waals surface area contributed by atoms with Gasteiger partial charge in [-0.25, -0.2) is 9.37 Å². The molecule has 4 rings (SSSR count). The smallest absolute Gasteiger partial charge is 0.147 e. The van der Waals surface area contributed by atoms with Gasteiger partial charge in [-0.15, -0.1) is 0 Å². The molecule has 144 valence electrons. The molecule has 1 aliphatic heterocycles. The minimum atomic E-state index is -0.433. The Labute approximate surface area is 169 Å². The van der Waals surface area contributed by atoms with Gasteiger partial charge < -0.3 is 9.80 Å². The molecular weight excluding hydrogens is 375 g/mol. The van der Waals surface area contributed by atoms with Crippen LogP contribution in [-0.2, 0) is 0 Å². The van der Waals surface area contributed by atoms with Crippen molar-refractivity contribution in [3.8, 4) is 11.3 Å². The number of hydrogen-bond acceptors (Lipinski definition) is 4. The van der Waals surface area contributed by atoms with Crippen LogP contribution in [0.2, 0.25) is 5.02 Å². The Morgan fingerprint density at radius 2 is 1.68 bits per heavy atom. The molecule has 4 nitrogen and oxygen atoms in total. The Morgan fingerprint density at radius 3 is 2.39 bits per heavy atom. The lowest BCUT2D eigenvalue weighted by atomic mass is 10.1. The maximum absolute atomic E-state index is 13.4. The second kappa shape index (κ2) is 7.76. The third-order valence-corrected chi connectivity index (χ3v) is 5.42. The van der Waals surface area contributed by atoms with E-state index in [1.54, 1.807) is 24.5 Å². The number of piperazine rings is 1. The second-order valence-electron chi connectivity index (χ2n) is 7.16. The average Bonchev–Trinajstić information content (AvgIpc) is 2.70. The van der Waals surface area contributed by atoms with E-state index >= 15 is 0 Å². The van der Waals surface area contributed by atoms with Crippen LogP contribution in [0.15, 0.2) is 48.8 Å². The first-order valence-corrected chi connectivity index (χ1v) is 9.74. The first-order chi connectivity index (χ1) is 13.5. The van der Waals surface area contributed by atoms with Gasteiger partial charge in [0.25, 0.3) is 0 Å². The summed E-state index contributed by atoms with van der Waals surface area (Å²) >= 11 is 5.91. The first kappa shape index (κ1) is 18.7. The fourth-order valence-electron chi connectivity index (χ4n) is 3.64. The molecule has 0 amide bonds. The van der Waals surface area contributed by atoms with Gasteiger partial charge in [0.2, 0.25) is 0 Å². The van der Waals surface area contributed by atoms with Crippen LogP contribution in [0.5, 0.6) is 0 Å². The summed E-state index contributed by atoms with van der Waals surface area (Å²) in [6.45, 7) is 7.88. The number of nitrogens with zero attached hydrogens (tertiary/aromatic N) is 4. The van der Waals surface area contributed by atoms with Crippen molar-refractivity contribution in [1.29, 1.82) is 0 Å². The minimum absolute atomic E-state index is 0.0896. The summed E-state index contributed by atoms with van der Waals surface area (Å²) in [5.74, 6) is 0.398. The molecule has 3 aromatic rings. The molecule has 0 saturated carbocycles. The van der Waals surface area contributed by atoms with Crippen molar-refractivity contribution in [1.82, 2.24) is 9.97 Å². The van der Waals surface area contributed by atoms with Crippen molar-refractivity contribution >= 4 is 23.1 Å². The summed E-state index contributed by atoms with van der Waals surface area (Å²) in [7, 11) is 0. The lowest BCUT2D eigenvalue weighted by Gasteiger charge is -2.37. The van der Waals surface area contributed by atoms with Crippen LogP contribution in [-0.4, -0.2) is 36.1 Å². The lowest BCUT2D eigenvalue weighted by Crippen LogP contribution is -2.47. The molecule has 1 aliphatic rings. The Bertz CT molecular complexity index is 1000. The molecule has 1 aromatic heterocycles. The molecule has 0 spiro atoms. The van der Waals surface area contributed by atoms with Crippen molar-refractivity contribution < 1.29 is 4.39 Å². The summed E-state index contributed by atoms with van der Waals surface area (Å²) in [5, 5.41) is 0.0896. The van der Waals surface area contributed by atoms with Crippen molar-refractivity contribution in [2.24, 2.45) is 0 Å². The fraction of sp³-hybridized carbons (Fsp3) is 0.273. The third-order valence-electron chi connectivity index (χ3n) is 5.13. The van der Waals surface area contributed by atoms with E-state index in [0.717, 1.165) is 37.6 Å². The minimum Gasteiger partial charge on any atom is -0.368 e. The molecule has 0 radical (unpaired) electrons. The van der Waals surface area contributed by atoms with Crippen LogP contribution >= 0.6 is 11.6 Å². The lowest BCUT2D eigenvalue weighted by molar-refractivity contribution is 0.628. The van der Waals surface area contributed by atoms with Crippen molar-refractivity contribution in [2.45, 2.75) is 13.8 Å². The van der Waals surface area contributed by atoms with Crippen molar-refractivity contribution in [3.63, 3.8) is 0 Å². The Hall–Kier alpha value is -2.66. The predicted octanol–water partition coefficient (Wildman–Crippen LogP) is 4.88. The van der Waals surface area contributed by atoms with E-state index in [1.807, 2.05) is 0 Å². The zero-order chi connectivity index (χ0) is 19.7. The summed E-state index contributed by atoms with van der Waals surface area (Å²) in [6, 6.07) is 11.2. The van der Waals surface area contributed by atoms with Gasteiger partial charge in [0.05, 0.1) is 23.1 Å². The molecule has 6 heteroatoms. The van der Waals surface area contributed by atoms with E-state index in [1.165, 1.54) is 22.9 Å². The molecule has 0 bridgehead atoms. The average molecular weight is 397 g/mol. The van der Waals surface area contributed by atoms with E-state index in [-0.39, 0.29) is 5.02 Å². The number of halogens is 2. The summed E-state index contributed by atoms with van der Waals surface area (Å²) < 4.78 is 13.4. The molecule has 2 aromatic carbocycles. The van der Waals surface area contributed by atoms with E-state index in [4.69, 9.17) is 16.6 Å². The van der Waals surface area contributed by atoms with Gasteiger partial charge in [-0.05, 0) is 43.7 Å². The highest BCUT2D eigenvalue weighted by atomic mass is 35.5. The molecule has 0 unspecified atom stereocenters. The predicted molar refractivity (Wildman–Crippen MR) is 113 cm³/mol. The number of benzene rings is 2. The van der Waals surface area contributed by atoms with Crippen LogP contribution in [0.1, 0.15) is 11.1 Å². The normalized spacial score (nSPS) is 14.4. The van der Waals surface area contributed by atoms with Crippen LogP contribution in [0.4, 0.5) is 15.9 Å². The van der Waals surface area contributed by atoms with Crippen LogP contribution in [0, 0.1) is 19.7 Å². The number of hydrogen-bond donors (Lipinski definition) is 0. The Balaban J connectivity index is 1.50. The number of rotatable bonds is 3. The van der Waals surface area contributed by atoms with E-state index in [9.17, 15) is 4.39 Å². The van der Waals surface area contributed by atoms with Gasteiger partial charge in [0, 0.05) is 37.4 Å². The first-order valence-electron chi connectivity index (χ1n) is 9.36. The van der Waals surface area contributed by atoms with E-state index in [2.05, 4.69) is 46.8 Å². The highest BCUT2D eigenvalue weighted by Crippen LogP contribution is 2.26. The maximum atomic E-state index is 13.4. The Kier molecular flexibility index (Phi) is 5.18. The van der Waals surface area contributed by atoms with Crippen molar-refractivity contribution in [3.05, 3.63) is 70.8 Å². The zero-order valence-corrected chi connectivity index (χ0v) is 16.7. The van der Waals surface area contributed by atoms with Crippen molar-refractivity contribution in [2.75, 3.05) is 36.0 Å². The molecule has 0 aliphatic carbocycles. The molecular formula is C22H22ClFN4. The van der Waals surface area contributed by atoms with Gasteiger partial charge in [-0.1, -0.05) is 29.3 Å². The van der Waals surface area contributed by atoms with Gasteiger partial charge in [0.1, 0.15) is 11.6 Å². The standard InChI is InChI=1S/C22H22ClFN4/c1-15-3-6-21(16(2)11-15)27-7-9-28(10-8-27)22-14-25-13-20(26-22)17-4-5-19(24)18(23)12-17/h3-6,11-14H,7-10H2,1-2H3. The zero-order valence-electron chi connectivity index (χ0n) is 16.0. The van der Waals surface area contributed by atoms with Crippen LogP contribution in [0.3, 0.4) is 0 Å². The molecule has 0 atom stereocenters. The fourth-order valence-corrected chi connectivity index (χ4v) is 3.82. The highest BCUT2D eigenvalue weighted by Gasteiger charge is 2.20. The number of aryl methyl sites for hydroxylation is 2. The molecule has 28 heavy (non-hydrogen) atoms. The van der Waals surface area contributed by atoms with Gasteiger partial charge in [-0.2, -0.15) is 0 Å². The number of anilines is 2. The topological polar surface area (TPSA) is 32.3 Å². The van der Waals surface area contributed by atoms with E-state index in [0.29, 0.717) is 5.69 Å². The summed E-state index contributed by atoms with van der Waals surface area (Å²) in [4.78, 5) is 13.7. The quantitative estimate of drug-likeness (QED) is 0.631. The molecule has 1 fully saturated rings. The maximum Gasteiger partial charge on any atom is 0.147 e. The third kappa shape index (κ3) is 3.80. The largest absolute Gasteiger partial charge is 0.368 e. The van der Waals surface area contributed by atoms with Gasteiger partial charge in [0.15, 0.2) is 0 Å². The monoisotopic (exact) mass is 396 g/mol. The molecule has 1 saturated heterocycles. The highest BCUT2D eigenvalue weighted by molar-refractivity contribution is 6.31. The summed E-state index contributed by atoms with van der Waals surface area (Å²) in [5.41, 5.74) is 5.34. The van der Waals surface area contributed by atoms with Crippen LogP contribution in [0.25, 0.3) is 11.3 Å². The van der Waals surface area contributed by atoms with Gasteiger partial charge in [-0.3, -0.25) is 4.98 Å². The van der Waals surface area contributed by atoms with Crippen LogP contribution < -0.4 is 9.80 Å². The summed E-state index contributed by atoms with van der Waals surface area (Å²) in [6.07, 6.45) is 3.46. The SMILES string of the molecule is Cc1ccc(N2CCN(c3cncc(-c4ccc(F)c(Cl)c4)n3)CC2)c(C)c1. The second-order valence-corrected chi connectivity index (χ2v) is 7.56.